The Morgan fingerprint density at radius 3 is 0.750 bits per heavy atom. The molecule has 0 aromatic heterocycles. The van der Waals surface area contributed by atoms with Gasteiger partial charge in [0.1, 0.15) is 0 Å². The molecule has 4 saturated carbocycles. The van der Waals surface area contributed by atoms with E-state index >= 15 is 0 Å². The van der Waals surface area contributed by atoms with Gasteiger partial charge in [-0.2, -0.15) is 0 Å². The summed E-state index contributed by atoms with van der Waals surface area (Å²) in [5.41, 5.74) is 0. The molecular formula is C24H44S2Sn2. The van der Waals surface area contributed by atoms with Crippen LogP contribution in [0.5, 0.6) is 0 Å². The summed E-state index contributed by atoms with van der Waals surface area (Å²) in [7, 11) is 0. The van der Waals surface area contributed by atoms with Gasteiger partial charge in [0, 0.05) is 0 Å². The minimum absolute atomic E-state index is 1.30. The van der Waals surface area contributed by atoms with E-state index in [-0.39, 0.29) is 0 Å². The van der Waals surface area contributed by atoms with E-state index in [1.54, 1.807) is 128 Å². The van der Waals surface area contributed by atoms with Gasteiger partial charge in [-0.15, -0.1) is 0 Å². The third-order valence-electron chi connectivity index (χ3n) is 9.33. The van der Waals surface area contributed by atoms with Crippen LogP contribution in [0.2, 0.25) is 15.7 Å². The Bertz CT molecular complexity index is 411. The summed E-state index contributed by atoms with van der Waals surface area (Å²) < 4.78 is 5.22. The Morgan fingerprint density at radius 2 is 0.536 bits per heavy atom. The second-order valence-electron chi connectivity index (χ2n) is 11.0. The zero-order valence-electron chi connectivity index (χ0n) is 18.3. The number of rotatable bonds is 4. The van der Waals surface area contributed by atoms with E-state index in [1.807, 2.05) is 0 Å². The van der Waals surface area contributed by atoms with E-state index in [4.69, 9.17) is 0 Å². The van der Waals surface area contributed by atoms with E-state index < -0.39 is 31.2 Å². The maximum absolute atomic E-state index is 3.08. The number of hydrogen-bond acceptors (Lipinski definition) is 2. The summed E-state index contributed by atoms with van der Waals surface area (Å²) in [5.74, 6) is 0. The zero-order chi connectivity index (χ0) is 18.9. The molecule has 4 aliphatic carbocycles. The van der Waals surface area contributed by atoms with Crippen LogP contribution in [-0.4, -0.2) is 31.2 Å². The summed E-state index contributed by atoms with van der Waals surface area (Å²) in [5, 5.41) is 0. The summed E-state index contributed by atoms with van der Waals surface area (Å²) in [6.07, 6.45) is 38.7. The molecule has 28 heavy (non-hydrogen) atoms. The van der Waals surface area contributed by atoms with E-state index in [2.05, 4.69) is 12.3 Å². The summed E-state index contributed by atoms with van der Waals surface area (Å²) in [6.45, 7) is 0. The minimum atomic E-state index is -2.06. The molecule has 1 saturated heterocycles. The molecule has 0 spiro atoms. The van der Waals surface area contributed by atoms with Crippen LogP contribution in [0.25, 0.3) is 0 Å². The van der Waals surface area contributed by atoms with Crippen LogP contribution >= 0.6 is 12.3 Å². The monoisotopic (exact) mass is 636 g/mol. The van der Waals surface area contributed by atoms with Crippen molar-refractivity contribution in [1.29, 1.82) is 0 Å². The molecule has 0 unspecified atom stereocenters. The zero-order valence-corrected chi connectivity index (χ0v) is 25.6. The molecule has 0 radical (unpaired) electrons. The predicted molar refractivity (Wildman–Crippen MR) is 134 cm³/mol. The second kappa shape index (κ2) is 10.1. The molecule has 4 heteroatoms. The third kappa shape index (κ3) is 4.27. The van der Waals surface area contributed by atoms with Crippen molar-refractivity contribution in [3.05, 3.63) is 0 Å². The fraction of sp³-hybridized carbons (Fsp3) is 1.00. The molecule has 0 N–H and O–H groups in total. The molecule has 5 fully saturated rings. The van der Waals surface area contributed by atoms with Crippen LogP contribution in [0.15, 0.2) is 0 Å². The molecule has 160 valence electrons. The predicted octanol–water partition coefficient (Wildman–Crippen LogP) is 9.69. The molecule has 0 atom stereocenters. The molecule has 0 bridgehead atoms. The first kappa shape index (κ1) is 22.1. The van der Waals surface area contributed by atoms with Gasteiger partial charge in [0.2, 0.25) is 0 Å². The quantitative estimate of drug-likeness (QED) is 0.283. The van der Waals surface area contributed by atoms with E-state index in [1.165, 1.54) is 15.7 Å². The Hall–Kier alpha value is 2.30. The van der Waals surface area contributed by atoms with Crippen LogP contribution in [0.3, 0.4) is 0 Å². The molecule has 5 aliphatic rings. The van der Waals surface area contributed by atoms with Crippen molar-refractivity contribution in [3.63, 3.8) is 0 Å². The van der Waals surface area contributed by atoms with Crippen LogP contribution in [0, 0.1) is 0 Å². The first-order valence-electron chi connectivity index (χ1n) is 13.2. The van der Waals surface area contributed by atoms with Crippen molar-refractivity contribution in [2.75, 3.05) is 0 Å². The van der Waals surface area contributed by atoms with Crippen LogP contribution < -0.4 is 0 Å². The molecular weight excluding hydrogens is 590 g/mol. The van der Waals surface area contributed by atoms with Crippen molar-refractivity contribution in [2.45, 2.75) is 144 Å². The SMILES string of the molecule is C1CC[CH]([Sn]2([CH]3CCCCC3)[S][Sn]([CH]3CCCCC3)([CH]3CCCCC3)[S]2)CC1. The maximum atomic E-state index is 3.08. The van der Waals surface area contributed by atoms with Crippen molar-refractivity contribution in [2.24, 2.45) is 0 Å². The summed E-state index contributed by atoms with van der Waals surface area (Å²) >= 11 is -4.13. The van der Waals surface area contributed by atoms with Gasteiger partial charge in [-0.1, -0.05) is 0 Å². The van der Waals surface area contributed by atoms with E-state index in [0.29, 0.717) is 0 Å². The first-order chi connectivity index (χ1) is 13.8. The molecule has 1 heterocycles. The van der Waals surface area contributed by atoms with Crippen molar-refractivity contribution < 1.29 is 0 Å². The molecule has 0 aromatic rings. The Kier molecular flexibility index (Phi) is 7.94. The molecule has 1 aliphatic heterocycles. The number of hydrogen-bond donors (Lipinski definition) is 0. The van der Waals surface area contributed by atoms with Crippen LogP contribution in [0.4, 0.5) is 0 Å². The average Bonchev–Trinajstić information content (AvgIpc) is 2.76. The van der Waals surface area contributed by atoms with Crippen LogP contribution in [-0.2, 0) is 0 Å². The molecule has 0 aromatic carbocycles. The molecule has 0 amide bonds. The standard InChI is InChI=1S/4C6H11.2S.2Sn/c4*1-2-4-6-5-3-1;;;;/h4*1H,2-6H2;;;;. The van der Waals surface area contributed by atoms with Gasteiger partial charge in [-0.05, 0) is 0 Å². The average molecular weight is 634 g/mol. The van der Waals surface area contributed by atoms with Crippen LogP contribution in [0.1, 0.15) is 128 Å². The first-order valence-corrected chi connectivity index (χ1v) is 35.4. The molecule has 0 nitrogen and oxygen atoms in total. The third-order valence-corrected chi connectivity index (χ3v) is 177. The van der Waals surface area contributed by atoms with E-state index in [9.17, 15) is 0 Å². The fourth-order valence-corrected chi connectivity index (χ4v) is 259. The van der Waals surface area contributed by atoms with Gasteiger partial charge in [-0.3, -0.25) is 0 Å². The van der Waals surface area contributed by atoms with Gasteiger partial charge in [0.25, 0.3) is 0 Å². The van der Waals surface area contributed by atoms with Gasteiger partial charge in [0.15, 0.2) is 0 Å². The van der Waals surface area contributed by atoms with Crippen molar-refractivity contribution >= 4 is 43.5 Å². The van der Waals surface area contributed by atoms with Gasteiger partial charge < -0.3 is 0 Å². The molecule has 5 rings (SSSR count). The van der Waals surface area contributed by atoms with E-state index in [0.717, 1.165) is 0 Å². The fourth-order valence-electron chi connectivity index (χ4n) is 7.86. The summed E-state index contributed by atoms with van der Waals surface area (Å²) in [4.78, 5) is 0. The van der Waals surface area contributed by atoms with Gasteiger partial charge in [0.05, 0.1) is 0 Å². The second-order valence-corrected chi connectivity index (χ2v) is 77.5. The Labute approximate surface area is 185 Å². The Balaban J connectivity index is 1.42. The Morgan fingerprint density at radius 1 is 0.321 bits per heavy atom. The summed E-state index contributed by atoms with van der Waals surface area (Å²) in [6, 6.07) is 0. The normalized spacial score (nSPS) is 33.4. The van der Waals surface area contributed by atoms with Gasteiger partial charge >= 0.3 is 188 Å². The van der Waals surface area contributed by atoms with Crippen molar-refractivity contribution in [3.8, 4) is 0 Å². The topological polar surface area (TPSA) is 0 Å². The van der Waals surface area contributed by atoms with Crippen molar-refractivity contribution in [1.82, 2.24) is 0 Å². The van der Waals surface area contributed by atoms with Gasteiger partial charge in [-0.25, -0.2) is 0 Å².